The second kappa shape index (κ2) is 6.83. The summed E-state index contributed by atoms with van der Waals surface area (Å²) >= 11 is 0. The smallest absolute Gasteiger partial charge is 0.269 e. The lowest BCUT2D eigenvalue weighted by atomic mass is 10.2. The van der Waals surface area contributed by atoms with Gasteiger partial charge in [0.1, 0.15) is 13.0 Å². The quantitative estimate of drug-likeness (QED) is 0.633. The zero-order chi connectivity index (χ0) is 17.8. The maximum Gasteiger partial charge on any atom is 0.269 e. The van der Waals surface area contributed by atoms with Gasteiger partial charge in [-0.15, -0.1) is 5.10 Å². The predicted octanol–water partition coefficient (Wildman–Crippen LogP) is 2.55. The molecule has 0 fully saturated rings. The molecule has 0 saturated carbocycles. The number of hydrogen-bond acceptors (Lipinski definition) is 8. The summed E-state index contributed by atoms with van der Waals surface area (Å²) in [4.78, 5) is 22.3. The molecule has 10 nitrogen and oxygen atoms in total. The molecule has 0 bridgehead atoms. The molecule has 25 heavy (non-hydrogen) atoms. The Labute approximate surface area is 142 Å². The Morgan fingerprint density at radius 2 is 1.52 bits per heavy atom. The van der Waals surface area contributed by atoms with E-state index in [1.807, 2.05) is 4.90 Å². The Morgan fingerprint density at radius 3 is 2.08 bits per heavy atom. The summed E-state index contributed by atoms with van der Waals surface area (Å²) in [5, 5.41) is 27.1. The minimum Gasteiger partial charge on any atom is -0.336 e. The van der Waals surface area contributed by atoms with Gasteiger partial charge in [0, 0.05) is 30.8 Å². The standard InChI is InChI=1S/C15H14N6O4/c22-20(23)14-5-1-12(2-6-14)9-18-10-16-19(11-18)17-13-3-7-15(8-4-13)21(24)25/h1-8,10,17H,9,11H2. The third kappa shape index (κ3) is 3.99. The average Bonchev–Trinajstić information content (AvgIpc) is 3.02. The van der Waals surface area contributed by atoms with Crippen LogP contribution < -0.4 is 5.43 Å². The summed E-state index contributed by atoms with van der Waals surface area (Å²) in [6, 6.07) is 12.4. The second-order valence-electron chi connectivity index (χ2n) is 5.36. The molecule has 2 aromatic rings. The second-order valence-corrected chi connectivity index (χ2v) is 5.36. The first-order valence-corrected chi connectivity index (χ1v) is 7.31. The van der Waals surface area contributed by atoms with E-state index in [4.69, 9.17) is 0 Å². The fraction of sp³-hybridized carbons (Fsp3) is 0.133. The van der Waals surface area contributed by atoms with Gasteiger partial charge in [-0.2, -0.15) is 5.12 Å². The molecule has 10 heteroatoms. The summed E-state index contributed by atoms with van der Waals surface area (Å²) in [5.74, 6) is 0. The number of nitro groups is 2. The van der Waals surface area contributed by atoms with Crippen LogP contribution in [0.4, 0.5) is 17.1 Å². The molecule has 3 rings (SSSR count). The van der Waals surface area contributed by atoms with Crippen molar-refractivity contribution in [1.82, 2.24) is 10.0 Å². The van der Waals surface area contributed by atoms with Gasteiger partial charge in [-0.05, 0) is 17.7 Å². The van der Waals surface area contributed by atoms with Crippen LogP contribution in [-0.4, -0.2) is 32.9 Å². The van der Waals surface area contributed by atoms with E-state index in [1.54, 1.807) is 35.7 Å². The topological polar surface area (TPSA) is 117 Å². The molecule has 0 aliphatic carbocycles. The van der Waals surface area contributed by atoms with E-state index < -0.39 is 9.85 Å². The van der Waals surface area contributed by atoms with Crippen LogP contribution in [0.3, 0.4) is 0 Å². The Balaban J connectivity index is 1.54. The molecule has 1 heterocycles. The molecule has 2 aromatic carbocycles. The van der Waals surface area contributed by atoms with Crippen LogP contribution in [0, 0.1) is 20.2 Å². The van der Waals surface area contributed by atoms with E-state index in [0.717, 1.165) is 5.56 Å². The van der Waals surface area contributed by atoms with Crippen molar-refractivity contribution in [3.05, 3.63) is 74.3 Å². The van der Waals surface area contributed by atoms with Gasteiger partial charge in [-0.3, -0.25) is 25.7 Å². The summed E-state index contributed by atoms with van der Waals surface area (Å²) in [6.07, 6.45) is 1.65. The van der Waals surface area contributed by atoms with Crippen molar-refractivity contribution >= 4 is 23.4 Å². The molecular weight excluding hydrogens is 328 g/mol. The highest BCUT2D eigenvalue weighted by Crippen LogP contribution is 2.18. The van der Waals surface area contributed by atoms with Gasteiger partial charge in [-0.25, -0.2) is 0 Å². The summed E-state index contributed by atoms with van der Waals surface area (Å²) < 4.78 is 0. The Bertz CT molecular complexity index is 738. The minimum absolute atomic E-state index is 0.0234. The van der Waals surface area contributed by atoms with Crippen molar-refractivity contribution in [2.24, 2.45) is 5.10 Å². The Kier molecular flexibility index (Phi) is 4.42. The molecular formula is C15H14N6O4. The molecule has 0 unspecified atom stereocenters. The van der Waals surface area contributed by atoms with Crippen LogP contribution >= 0.6 is 0 Å². The highest BCUT2D eigenvalue weighted by molar-refractivity contribution is 5.57. The highest BCUT2D eigenvalue weighted by atomic mass is 16.6. The number of rotatable bonds is 6. The lowest BCUT2D eigenvalue weighted by Gasteiger charge is -2.20. The average molecular weight is 342 g/mol. The molecule has 0 saturated heterocycles. The fourth-order valence-corrected chi connectivity index (χ4v) is 2.30. The summed E-state index contributed by atoms with van der Waals surface area (Å²) in [6.45, 7) is 1.02. The van der Waals surface area contributed by atoms with Crippen molar-refractivity contribution in [2.45, 2.75) is 6.54 Å². The van der Waals surface area contributed by atoms with E-state index in [1.165, 1.54) is 24.3 Å². The zero-order valence-corrected chi connectivity index (χ0v) is 13.0. The number of hydrogen-bond donors (Lipinski definition) is 1. The van der Waals surface area contributed by atoms with Crippen LogP contribution in [0.15, 0.2) is 53.6 Å². The SMILES string of the molecule is O=[N+]([O-])c1ccc(CN2C=NN(Nc3ccc([N+](=O)[O-])cc3)C2)cc1. The lowest BCUT2D eigenvalue weighted by molar-refractivity contribution is -0.385. The first kappa shape index (κ1) is 16.2. The van der Waals surface area contributed by atoms with Gasteiger partial charge < -0.3 is 4.90 Å². The van der Waals surface area contributed by atoms with Gasteiger partial charge in [0.05, 0.1) is 15.5 Å². The molecule has 128 valence electrons. The number of anilines is 1. The van der Waals surface area contributed by atoms with E-state index in [0.29, 0.717) is 18.9 Å². The van der Waals surface area contributed by atoms with Gasteiger partial charge in [0.15, 0.2) is 0 Å². The van der Waals surface area contributed by atoms with Crippen LogP contribution in [0.5, 0.6) is 0 Å². The largest absolute Gasteiger partial charge is 0.336 e. The van der Waals surface area contributed by atoms with E-state index >= 15 is 0 Å². The van der Waals surface area contributed by atoms with E-state index in [2.05, 4.69) is 10.5 Å². The minimum atomic E-state index is -0.455. The number of nitrogens with one attached hydrogen (secondary N) is 1. The molecule has 1 aliphatic rings. The van der Waals surface area contributed by atoms with E-state index in [9.17, 15) is 20.2 Å². The normalized spacial score (nSPS) is 13.1. The summed E-state index contributed by atoms with van der Waals surface area (Å²) in [5.41, 5.74) is 4.71. The molecule has 1 aliphatic heterocycles. The number of non-ortho nitro benzene ring substituents is 2. The van der Waals surface area contributed by atoms with Crippen molar-refractivity contribution in [2.75, 3.05) is 12.1 Å². The first-order valence-electron chi connectivity index (χ1n) is 7.31. The predicted molar refractivity (Wildman–Crippen MR) is 90.6 cm³/mol. The first-order chi connectivity index (χ1) is 12.0. The van der Waals surface area contributed by atoms with Crippen molar-refractivity contribution in [3.63, 3.8) is 0 Å². The molecule has 0 spiro atoms. The van der Waals surface area contributed by atoms with Gasteiger partial charge in [0.2, 0.25) is 0 Å². The molecule has 0 aromatic heterocycles. The van der Waals surface area contributed by atoms with Gasteiger partial charge in [-0.1, -0.05) is 12.1 Å². The number of nitrogens with zero attached hydrogens (tertiary/aromatic N) is 5. The zero-order valence-electron chi connectivity index (χ0n) is 13.0. The van der Waals surface area contributed by atoms with Gasteiger partial charge >= 0.3 is 0 Å². The monoisotopic (exact) mass is 342 g/mol. The molecule has 0 atom stereocenters. The molecule has 1 N–H and O–H groups in total. The molecule has 0 radical (unpaired) electrons. The molecule has 0 amide bonds. The summed E-state index contributed by atoms with van der Waals surface area (Å²) in [7, 11) is 0. The Hall–Kier alpha value is -3.69. The fourth-order valence-electron chi connectivity index (χ4n) is 2.30. The lowest BCUT2D eigenvalue weighted by Crippen LogP contribution is -2.30. The van der Waals surface area contributed by atoms with E-state index in [-0.39, 0.29) is 11.4 Å². The van der Waals surface area contributed by atoms with Crippen molar-refractivity contribution in [1.29, 1.82) is 0 Å². The number of hydrazone groups is 1. The highest BCUT2D eigenvalue weighted by Gasteiger charge is 2.15. The number of hydrazine groups is 1. The third-order valence-electron chi connectivity index (χ3n) is 3.54. The number of nitro benzene ring substituents is 2. The van der Waals surface area contributed by atoms with Crippen molar-refractivity contribution in [3.8, 4) is 0 Å². The van der Waals surface area contributed by atoms with Crippen LogP contribution in [0.25, 0.3) is 0 Å². The van der Waals surface area contributed by atoms with Crippen molar-refractivity contribution < 1.29 is 9.85 Å². The maximum atomic E-state index is 10.7. The van der Waals surface area contributed by atoms with Crippen LogP contribution in [0.1, 0.15) is 5.56 Å². The van der Waals surface area contributed by atoms with Crippen LogP contribution in [-0.2, 0) is 6.54 Å². The van der Waals surface area contributed by atoms with Gasteiger partial charge in [0.25, 0.3) is 11.4 Å². The third-order valence-corrected chi connectivity index (χ3v) is 3.54. The Morgan fingerprint density at radius 1 is 0.960 bits per heavy atom. The maximum absolute atomic E-state index is 10.7. The number of benzene rings is 2. The van der Waals surface area contributed by atoms with Crippen LogP contribution in [0.2, 0.25) is 0 Å².